The lowest BCUT2D eigenvalue weighted by molar-refractivity contribution is 0.276. The predicted octanol–water partition coefficient (Wildman–Crippen LogP) is 4.55. The molecule has 1 fully saturated rings. The van der Waals surface area contributed by atoms with Crippen molar-refractivity contribution in [1.29, 1.82) is 0 Å². The maximum atomic E-state index is 5.92. The molecule has 0 amide bonds. The summed E-state index contributed by atoms with van der Waals surface area (Å²) < 4.78 is 11.2. The Hall–Kier alpha value is -0.700. The first-order valence-corrected chi connectivity index (χ1v) is 7.81. The summed E-state index contributed by atoms with van der Waals surface area (Å²) in [5.74, 6) is 2.68. The molecule has 0 spiro atoms. The van der Waals surface area contributed by atoms with Crippen molar-refractivity contribution in [2.24, 2.45) is 5.92 Å². The molecule has 0 saturated heterocycles. The number of hydrogen-bond donors (Lipinski definition) is 0. The fourth-order valence-electron chi connectivity index (χ4n) is 2.54. The molecule has 2 nitrogen and oxygen atoms in total. The van der Waals surface area contributed by atoms with Crippen molar-refractivity contribution in [2.75, 3.05) is 13.7 Å². The minimum atomic E-state index is 0.815. The van der Waals surface area contributed by atoms with Crippen LogP contribution in [0.4, 0.5) is 0 Å². The van der Waals surface area contributed by atoms with E-state index in [9.17, 15) is 0 Å². The summed E-state index contributed by atoms with van der Waals surface area (Å²) in [5, 5.41) is 0.815. The standard InChI is InChI=1S/C15H21BrO2/c1-17-14-7-6-13(11-16)15(10-14)18-9-8-12-4-2-3-5-12/h6-7,10,12H,2-5,8-9,11H2,1H3. The first kappa shape index (κ1) is 13.7. The first-order chi connectivity index (χ1) is 8.83. The summed E-state index contributed by atoms with van der Waals surface area (Å²) in [6, 6.07) is 6.00. The van der Waals surface area contributed by atoms with Gasteiger partial charge >= 0.3 is 0 Å². The van der Waals surface area contributed by atoms with Gasteiger partial charge in [-0.3, -0.25) is 0 Å². The minimum absolute atomic E-state index is 0.815. The molecule has 1 aliphatic rings. The highest BCUT2D eigenvalue weighted by Gasteiger charge is 2.15. The van der Waals surface area contributed by atoms with Gasteiger partial charge in [0.1, 0.15) is 11.5 Å². The quantitative estimate of drug-likeness (QED) is 0.717. The van der Waals surface area contributed by atoms with Gasteiger partial charge in [-0.1, -0.05) is 47.7 Å². The van der Waals surface area contributed by atoms with E-state index >= 15 is 0 Å². The van der Waals surface area contributed by atoms with Crippen LogP contribution in [-0.4, -0.2) is 13.7 Å². The molecule has 0 N–H and O–H groups in total. The molecule has 1 aromatic rings. The number of rotatable bonds is 6. The molecule has 0 heterocycles. The van der Waals surface area contributed by atoms with E-state index in [1.807, 2.05) is 12.1 Å². The van der Waals surface area contributed by atoms with Gasteiger partial charge in [0.05, 0.1) is 13.7 Å². The van der Waals surface area contributed by atoms with Crippen molar-refractivity contribution in [3.63, 3.8) is 0 Å². The van der Waals surface area contributed by atoms with E-state index in [1.165, 1.54) is 37.7 Å². The largest absolute Gasteiger partial charge is 0.497 e. The Bertz CT molecular complexity index is 373. The summed E-state index contributed by atoms with van der Waals surface area (Å²) in [7, 11) is 1.69. The molecule has 3 heteroatoms. The topological polar surface area (TPSA) is 18.5 Å². The van der Waals surface area contributed by atoms with Gasteiger partial charge in [0.15, 0.2) is 0 Å². The van der Waals surface area contributed by atoms with Gasteiger partial charge in [0.2, 0.25) is 0 Å². The fourth-order valence-corrected chi connectivity index (χ4v) is 3.00. The summed E-state index contributed by atoms with van der Waals surface area (Å²) in [6.07, 6.45) is 6.74. The Balaban J connectivity index is 1.89. The van der Waals surface area contributed by atoms with Crippen molar-refractivity contribution in [2.45, 2.75) is 37.4 Å². The van der Waals surface area contributed by atoms with Crippen molar-refractivity contribution in [1.82, 2.24) is 0 Å². The van der Waals surface area contributed by atoms with Crippen LogP contribution >= 0.6 is 15.9 Å². The zero-order chi connectivity index (χ0) is 12.8. The number of ether oxygens (including phenoxy) is 2. The lowest BCUT2D eigenvalue weighted by atomic mass is 10.1. The number of alkyl halides is 1. The second-order valence-electron chi connectivity index (χ2n) is 4.89. The smallest absolute Gasteiger partial charge is 0.127 e. The van der Waals surface area contributed by atoms with Gasteiger partial charge in [0.25, 0.3) is 0 Å². The Morgan fingerprint density at radius 3 is 2.72 bits per heavy atom. The Morgan fingerprint density at radius 2 is 2.06 bits per heavy atom. The average Bonchev–Trinajstić information content (AvgIpc) is 2.92. The van der Waals surface area contributed by atoms with Crippen molar-refractivity contribution in [3.8, 4) is 11.5 Å². The zero-order valence-corrected chi connectivity index (χ0v) is 12.5. The average molecular weight is 313 g/mol. The van der Waals surface area contributed by atoms with Gasteiger partial charge < -0.3 is 9.47 Å². The first-order valence-electron chi connectivity index (χ1n) is 6.69. The number of halogens is 1. The molecule has 0 aromatic heterocycles. The summed E-state index contributed by atoms with van der Waals surface area (Å²) >= 11 is 3.49. The van der Waals surface area contributed by atoms with Crippen LogP contribution in [0.15, 0.2) is 18.2 Å². The Kier molecular flexibility index (Phi) is 5.36. The summed E-state index contributed by atoms with van der Waals surface area (Å²) in [5.41, 5.74) is 1.18. The summed E-state index contributed by atoms with van der Waals surface area (Å²) in [6.45, 7) is 0.817. The molecule has 1 saturated carbocycles. The second-order valence-corrected chi connectivity index (χ2v) is 5.46. The molecule has 1 aliphatic carbocycles. The van der Waals surface area contributed by atoms with Gasteiger partial charge in [-0.25, -0.2) is 0 Å². The molecular weight excluding hydrogens is 292 g/mol. The lowest BCUT2D eigenvalue weighted by Crippen LogP contribution is -2.05. The maximum Gasteiger partial charge on any atom is 0.127 e. The highest BCUT2D eigenvalue weighted by Crippen LogP contribution is 2.29. The highest BCUT2D eigenvalue weighted by atomic mass is 79.9. The Morgan fingerprint density at radius 1 is 1.28 bits per heavy atom. The minimum Gasteiger partial charge on any atom is -0.497 e. The molecule has 0 atom stereocenters. The van der Waals surface area contributed by atoms with Gasteiger partial charge in [-0.15, -0.1) is 0 Å². The van der Waals surface area contributed by atoms with E-state index in [-0.39, 0.29) is 0 Å². The molecule has 0 aliphatic heterocycles. The third-order valence-corrected chi connectivity index (χ3v) is 4.28. The molecule has 100 valence electrons. The van der Waals surface area contributed by atoms with E-state index in [1.54, 1.807) is 7.11 Å². The normalized spacial score (nSPS) is 15.9. The van der Waals surface area contributed by atoms with Crippen LogP contribution in [0.1, 0.15) is 37.7 Å². The molecule has 2 rings (SSSR count). The van der Waals surface area contributed by atoms with Crippen LogP contribution in [-0.2, 0) is 5.33 Å². The molecule has 0 bridgehead atoms. The van der Waals surface area contributed by atoms with Crippen LogP contribution in [0.5, 0.6) is 11.5 Å². The van der Waals surface area contributed by atoms with Crippen LogP contribution in [0.25, 0.3) is 0 Å². The van der Waals surface area contributed by atoms with Gasteiger partial charge in [0, 0.05) is 17.0 Å². The van der Waals surface area contributed by atoms with Crippen LogP contribution in [0, 0.1) is 5.92 Å². The fraction of sp³-hybridized carbons (Fsp3) is 0.600. The monoisotopic (exact) mass is 312 g/mol. The van der Waals surface area contributed by atoms with E-state index < -0.39 is 0 Å². The van der Waals surface area contributed by atoms with Crippen molar-refractivity contribution < 1.29 is 9.47 Å². The SMILES string of the molecule is COc1ccc(CBr)c(OCCC2CCCC2)c1. The van der Waals surface area contributed by atoms with Crippen LogP contribution < -0.4 is 9.47 Å². The van der Waals surface area contributed by atoms with E-state index in [0.29, 0.717) is 0 Å². The van der Waals surface area contributed by atoms with Crippen molar-refractivity contribution in [3.05, 3.63) is 23.8 Å². The third kappa shape index (κ3) is 3.64. The molecule has 1 aromatic carbocycles. The van der Waals surface area contributed by atoms with E-state index in [4.69, 9.17) is 9.47 Å². The lowest BCUT2D eigenvalue weighted by Gasteiger charge is -2.13. The highest BCUT2D eigenvalue weighted by molar-refractivity contribution is 9.08. The summed E-state index contributed by atoms with van der Waals surface area (Å²) in [4.78, 5) is 0. The number of benzene rings is 1. The number of hydrogen-bond acceptors (Lipinski definition) is 2. The maximum absolute atomic E-state index is 5.92. The molecule has 0 radical (unpaired) electrons. The molecular formula is C15H21BrO2. The number of methoxy groups -OCH3 is 1. The molecule has 18 heavy (non-hydrogen) atoms. The van der Waals surface area contributed by atoms with Gasteiger partial charge in [-0.05, 0) is 18.4 Å². The van der Waals surface area contributed by atoms with E-state index in [0.717, 1.165) is 29.4 Å². The van der Waals surface area contributed by atoms with Crippen LogP contribution in [0.2, 0.25) is 0 Å². The molecule has 0 unspecified atom stereocenters. The van der Waals surface area contributed by atoms with Crippen molar-refractivity contribution >= 4 is 15.9 Å². The second kappa shape index (κ2) is 7.03. The van der Waals surface area contributed by atoms with Gasteiger partial charge in [-0.2, -0.15) is 0 Å². The third-order valence-electron chi connectivity index (χ3n) is 3.68. The predicted molar refractivity (Wildman–Crippen MR) is 77.7 cm³/mol. The zero-order valence-electron chi connectivity index (χ0n) is 11.0. The van der Waals surface area contributed by atoms with Crippen LogP contribution in [0.3, 0.4) is 0 Å². The van der Waals surface area contributed by atoms with E-state index in [2.05, 4.69) is 22.0 Å². The Labute approximate surface area is 118 Å².